The van der Waals surface area contributed by atoms with Gasteiger partial charge in [-0.2, -0.15) is 5.10 Å². The smallest absolute Gasteiger partial charge is 0.256 e. The number of halogens is 1. The normalized spacial score (nSPS) is 11.4. The van der Waals surface area contributed by atoms with Gasteiger partial charge in [0.25, 0.3) is 5.91 Å². The van der Waals surface area contributed by atoms with Gasteiger partial charge in [-0.1, -0.05) is 45.0 Å². The Morgan fingerprint density at radius 3 is 2.31 bits per heavy atom. The Hall–Kier alpha value is -2.95. The van der Waals surface area contributed by atoms with Gasteiger partial charge in [0.05, 0.1) is 12.7 Å². The van der Waals surface area contributed by atoms with Gasteiger partial charge in [-0.25, -0.2) is 9.07 Å². The molecule has 5 heteroatoms. The fourth-order valence-corrected chi connectivity index (χ4v) is 2.64. The van der Waals surface area contributed by atoms with Crippen molar-refractivity contribution >= 4 is 11.7 Å². The third kappa shape index (κ3) is 4.17. The minimum Gasteiger partial charge on any atom is -0.307 e. The van der Waals surface area contributed by atoms with E-state index in [4.69, 9.17) is 0 Å². The first-order valence-corrected chi connectivity index (χ1v) is 8.51. The minimum atomic E-state index is -0.370. The molecule has 0 saturated carbocycles. The van der Waals surface area contributed by atoms with Crippen LogP contribution in [0.15, 0.2) is 60.8 Å². The van der Waals surface area contributed by atoms with Gasteiger partial charge in [-0.05, 0) is 40.8 Å². The molecule has 1 heterocycles. The van der Waals surface area contributed by atoms with E-state index in [1.807, 2.05) is 0 Å². The summed E-state index contributed by atoms with van der Waals surface area (Å²) in [6, 6.07) is 15.6. The van der Waals surface area contributed by atoms with Crippen LogP contribution in [0.25, 0.3) is 0 Å². The summed E-state index contributed by atoms with van der Waals surface area (Å²) in [5.41, 5.74) is 2.87. The Morgan fingerprint density at radius 2 is 1.69 bits per heavy atom. The Labute approximate surface area is 152 Å². The zero-order valence-corrected chi connectivity index (χ0v) is 15.2. The van der Waals surface area contributed by atoms with Crippen LogP contribution in [0.5, 0.6) is 0 Å². The molecule has 3 rings (SSSR count). The molecule has 0 aliphatic rings. The van der Waals surface area contributed by atoms with E-state index in [1.54, 1.807) is 16.9 Å². The number of amides is 1. The summed E-state index contributed by atoms with van der Waals surface area (Å²) >= 11 is 0. The Kier molecular flexibility index (Phi) is 4.89. The predicted octanol–water partition coefficient (Wildman–Crippen LogP) is 4.62. The van der Waals surface area contributed by atoms with E-state index in [-0.39, 0.29) is 17.1 Å². The Balaban J connectivity index is 1.72. The van der Waals surface area contributed by atoms with Crippen LogP contribution in [-0.2, 0) is 12.0 Å². The molecule has 134 valence electrons. The lowest BCUT2D eigenvalue weighted by Gasteiger charge is -2.19. The van der Waals surface area contributed by atoms with Crippen LogP contribution in [-0.4, -0.2) is 15.7 Å². The van der Waals surface area contributed by atoms with Crippen LogP contribution >= 0.6 is 0 Å². The highest BCUT2D eigenvalue weighted by atomic mass is 19.1. The van der Waals surface area contributed by atoms with Gasteiger partial charge in [-0.15, -0.1) is 0 Å². The molecular weight excluding hydrogens is 329 g/mol. The number of nitrogens with zero attached hydrogens (tertiary/aromatic N) is 2. The molecule has 0 spiro atoms. The number of benzene rings is 2. The molecule has 26 heavy (non-hydrogen) atoms. The van der Waals surface area contributed by atoms with Gasteiger partial charge in [0.15, 0.2) is 0 Å². The molecule has 0 bridgehead atoms. The third-order valence-corrected chi connectivity index (χ3v) is 4.22. The van der Waals surface area contributed by atoms with Gasteiger partial charge in [-0.3, -0.25) is 4.79 Å². The number of aromatic nitrogens is 2. The van der Waals surface area contributed by atoms with Crippen molar-refractivity contribution in [3.05, 3.63) is 83.3 Å². The van der Waals surface area contributed by atoms with E-state index >= 15 is 0 Å². The molecule has 0 radical (unpaired) electrons. The van der Waals surface area contributed by atoms with Crippen molar-refractivity contribution < 1.29 is 9.18 Å². The maximum absolute atomic E-state index is 13.0. The summed E-state index contributed by atoms with van der Waals surface area (Å²) in [6.07, 6.45) is 1.64. The summed E-state index contributed by atoms with van der Waals surface area (Å²) in [4.78, 5) is 12.3. The third-order valence-electron chi connectivity index (χ3n) is 4.22. The van der Waals surface area contributed by atoms with Crippen LogP contribution in [0, 0.1) is 5.82 Å². The lowest BCUT2D eigenvalue weighted by Crippen LogP contribution is -2.16. The number of anilines is 1. The maximum atomic E-state index is 13.0. The number of nitrogens with one attached hydrogen (secondary N) is 1. The van der Waals surface area contributed by atoms with E-state index in [0.717, 1.165) is 5.56 Å². The first-order valence-electron chi connectivity index (χ1n) is 8.51. The lowest BCUT2D eigenvalue weighted by molar-refractivity contribution is 0.102. The standard InChI is InChI=1S/C21H22FN3O/c1-21(2,3)17-8-4-15(5-9-17)14-25-19(12-13-23-25)24-20(26)16-6-10-18(22)11-7-16/h4-13H,14H2,1-3H3,(H,24,26). The fraction of sp³-hybridized carbons (Fsp3) is 0.238. The molecule has 4 nitrogen and oxygen atoms in total. The molecule has 2 aromatic carbocycles. The summed E-state index contributed by atoms with van der Waals surface area (Å²) < 4.78 is 14.7. The molecule has 1 aromatic heterocycles. The molecule has 3 aromatic rings. The molecule has 0 saturated heterocycles. The van der Waals surface area contributed by atoms with Crippen LogP contribution in [0.1, 0.15) is 42.3 Å². The molecule has 1 N–H and O–H groups in total. The number of carbonyl (C=O) groups is 1. The van der Waals surface area contributed by atoms with E-state index in [2.05, 4.69) is 55.5 Å². The topological polar surface area (TPSA) is 46.9 Å². The van der Waals surface area contributed by atoms with Crippen LogP contribution < -0.4 is 5.32 Å². The molecule has 0 aliphatic carbocycles. The van der Waals surface area contributed by atoms with Gasteiger partial charge >= 0.3 is 0 Å². The number of carbonyl (C=O) groups excluding carboxylic acids is 1. The Morgan fingerprint density at radius 1 is 1.04 bits per heavy atom. The fourth-order valence-electron chi connectivity index (χ4n) is 2.64. The van der Waals surface area contributed by atoms with Crippen molar-refractivity contribution in [1.29, 1.82) is 0 Å². The first-order chi connectivity index (χ1) is 12.3. The van der Waals surface area contributed by atoms with Gasteiger partial charge in [0, 0.05) is 11.6 Å². The molecular formula is C21H22FN3O. The van der Waals surface area contributed by atoms with Gasteiger partial charge in [0.1, 0.15) is 11.6 Å². The lowest BCUT2D eigenvalue weighted by atomic mass is 9.87. The van der Waals surface area contributed by atoms with E-state index in [0.29, 0.717) is 17.9 Å². The zero-order chi connectivity index (χ0) is 18.7. The molecule has 0 unspecified atom stereocenters. The van der Waals surface area contributed by atoms with E-state index in [9.17, 15) is 9.18 Å². The van der Waals surface area contributed by atoms with Crippen molar-refractivity contribution in [3.8, 4) is 0 Å². The highest BCUT2D eigenvalue weighted by Gasteiger charge is 2.14. The van der Waals surface area contributed by atoms with E-state index in [1.165, 1.54) is 29.8 Å². The molecule has 0 atom stereocenters. The van der Waals surface area contributed by atoms with Crippen molar-refractivity contribution in [1.82, 2.24) is 9.78 Å². The predicted molar refractivity (Wildman–Crippen MR) is 101 cm³/mol. The second kappa shape index (κ2) is 7.12. The zero-order valence-electron chi connectivity index (χ0n) is 15.2. The second-order valence-corrected chi connectivity index (χ2v) is 7.28. The Bertz CT molecular complexity index is 890. The van der Waals surface area contributed by atoms with Gasteiger partial charge < -0.3 is 5.32 Å². The van der Waals surface area contributed by atoms with Crippen LogP contribution in [0.4, 0.5) is 10.2 Å². The van der Waals surface area contributed by atoms with E-state index < -0.39 is 0 Å². The summed E-state index contributed by atoms with van der Waals surface area (Å²) in [5, 5.41) is 7.11. The maximum Gasteiger partial charge on any atom is 0.256 e. The number of hydrogen-bond donors (Lipinski definition) is 1. The van der Waals surface area contributed by atoms with Crippen molar-refractivity contribution in [3.63, 3.8) is 0 Å². The summed E-state index contributed by atoms with van der Waals surface area (Å²) in [5.74, 6) is -0.0700. The molecule has 0 fully saturated rings. The SMILES string of the molecule is CC(C)(C)c1ccc(Cn2nccc2NC(=O)c2ccc(F)cc2)cc1. The van der Waals surface area contributed by atoms with Crippen molar-refractivity contribution in [2.45, 2.75) is 32.7 Å². The molecule has 0 aliphatic heterocycles. The minimum absolute atomic E-state index is 0.110. The molecule has 1 amide bonds. The first kappa shape index (κ1) is 17.9. The van der Waals surface area contributed by atoms with Crippen molar-refractivity contribution in [2.75, 3.05) is 5.32 Å². The monoisotopic (exact) mass is 351 g/mol. The van der Waals surface area contributed by atoms with Crippen molar-refractivity contribution in [2.24, 2.45) is 0 Å². The number of hydrogen-bond acceptors (Lipinski definition) is 2. The second-order valence-electron chi connectivity index (χ2n) is 7.28. The number of rotatable bonds is 4. The quantitative estimate of drug-likeness (QED) is 0.745. The van der Waals surface area contributed by atoms with Crippen LogP contribution in [0.3, 0.4) is 0 Å². The average molecular weight is 351 g/mol. The average Bonchev–Trinajstić information content (AvgIpc) is 3.02. The van der Waals surface area contributed by atoms with Crippen LogP contribution in [0.2, 0.25) is 0 Å². The summed E-state index contributed by atoms with van der Waals surface area (Å²) in [6.45, 7) is 7.09. The largest absolute Gasteiger partial charge is 0.307 e. The highest BCUT2D eigenvalue weighted by molar-refractivity contribution is 6.03. The summed E-state index contributed by atoms with van der Waals surface area (Å²) in [7, 11) is 0. The highest BCUT2D eigenvalue weighted by Crippen LogP contribution is 2.22. The van der Waals surface area contributed by atoms with Gasteiger partial charge in [0.2, 0.25) is 0 Å².